The van der Waals surface area contributed by atoms with Crippen molar-refractivity contribution in [2.45, 2.75) is 25.7 Å². The molecule has 6 nitrogen and oxygen atoms in total. The zero-order chi connectivity index (χ0) is 38.8. The molecule has 2 aliphatic carbocycles. The van der Waals surface area contributed by atoms with Gasteiger partial charge in [0.2, 0.25) is 5.95 Å². The van der Waals surface area contributed by atoms with Gasteiger partial charge < -0.3 is 0 Å². The molecular weight excluding hydrogens is 709 g/mol. The van der Waals surface area contributed by atoms with Gasteiger partial charge in [-0.2, -0.15) is 0 Å². The van der Waals surface area contributed by atoms with Crippen molar-refractivity contribution in [3.8, 4) is 62.6 Å². The van der Waals surface area contributed by atoms with Gasteiger partial charge in [0, 0.05) is 44.5 Å². The average Bonchev–Trinajstić information content (AvgIpc) is 3.73. The minimum absolute atomic E-state index is 0.0545. The molecule has 6 heteroatoms. The molecule has 58 heavy (non-hydrogen) atoms. The van der Waals surface area contributed by atoms with Crippen LogP contribution in [0.3, 0.4) is 0 Å². The highest BCUT2D eigenvalue weighted by molar-refractivity contribution is 6.02. The topological polar surface area (TPSA) is 69.4 Å². The van der Waals surface area contributed by atoms with E-state index in [1.54, 1.807) is 0 Å². The Labute approximate surface area is 337 Å². The molecule has 0 amide bonds. The van der Waals surface area contributed by atoms with Crippen molar-refractivity contribution in [1.82, 2.24) is 29.5 Å². The molecule has 3 aromatic heterocycles. The molecule has 11 rings (SSSR count). The highest BCUT2D eigenvalue weighted by Gasteiger charge is 2.45. The number of rotatable bonds is 6. The van der Waals surface area contributed by atoms with Crippen LogP contribution in [0.5, 0.6) is 0 Å². The van der Waals surface area contributed by atoms with Crippen molar-refractivity contribution in [3.63, 3.8) is 0 Å². The second kappa shape index (κ2) is 13.4. The van der Waals surface area contributed by atoms with E-state index in [2.05, 4.69) is 122 Å². The first kappa shape index (κ1) is 34.0. The summed E-state index contributed by atoms with van der Waals surface area (Å²) < 4.78 is 2.32. The molecule has 0 saturated heterocycles. The second-order valence-corrected chi connectivity index (χ2v) is 15.8. The van der Waals surface area contributed by atoms with Gasteiger partial charge in [0.25, 0.3) is 0 Å². The molecule has 0 fully saturated rings. The van der Waals surface area contributed by atoms with Crippen molar-refractivity contribution < 1.29 is 0 Å². The fourth-order valence-corrected chi connectivity index (χ4v) is 9.04. The van der Waals surface area contributed by atoms with Crippen LogP contribution in [0.25, 0.3) is 85.2 Å². The lowest BCUT2D eigenvalue weighted by Crippen LogP contribution is -2.28. The van der Waals surface area contributed by atoms with Crippen LogP contribution in [-0.4, -0.2) is 29.5 Å². The first-order chi connectivity index (χ1) is 28.5. The summed E-state index contributed by atoms with van der Waals surface area (Å²) in [6.45, 7) is 4.78. The number of fused-ring (bicyclic) bond motifs is 6. The number of hydrogen-bond acceptors (Lipinski definition) is 5. The summed E-state index contributed by atoms with van der Waals surface area (Å²) in [5.41, 5.74) is 14.2. The van der Waals surface area contributed by atoms with Crippen LogP contribution < -0.4 is 0 Å². The molecule has 6 aromatic carbocycles. The van der Waals surface area contributed by atoms with Crippen LogP contribution in [0, 0.1) is 5.92 Å². The van der Waals surface area contributed by atoms with Crippen LogP contribution in [0.2, 0.25) is 0 Å². The molecule has 3 heterocycles. The normalized spacial score (nSPS) is 15.1. The smallest absolute Gasteiger partial charge is 0.235 e. The lowest BCUT2D eigenvalue weighted by atomic mass is 9.73. The minimum atomic E-state index is -0.0545. The number of hydrogen-bond donors (Lipinski definition) is 0. The third-order valence-electron chi connectivity index (χ3n) is 12.0. The zero-order valence-electron chi connectivity index (χ0n) is 32.2. The molecule has 0 aliphatic heterocycles. The Morgan fingerprint density at radius 2 is 1.00 bits per heavy atom. The molecule has 1 atom stereocenters. The standard InChI is InChI=1S/C52H38N6/c1-52(2)42-26-16-15-25-38(42)39-30-41-40-29-37(50-56-48(35-21-11-5-12-22-35)55-49(57-50)36-23-13-6-14-24-36)27-28-46(40)58(47(41)31-43(39)52)51-53-44(33-17-7-3-8-18-33)32-45(54-51)34-19-9-4-10-20-34/h3-30,32,43H,31H2,1-2H3. The summed E-state index contributed by atoms with van der Waals surface area (Å²) in [7, 11) is 0. The molecule has 0 radical (unpaired) electrons. The van der Waals surface area contributed by atoms with Gasteiger partial charge in [0.05, 0.1) is 16.9 Å². The highest BCUT2D eigenvalue weighted by atomic mass is 15.2. The van der Waals surface area contributed by atoms with Gasteiger partial charge >= 0.3 is 0 Å². The first-order valence-corrected chi connectivity index (χ1v) is 19.9. The quantitative estimate of drug-likeness (QED) is 0.169. The van der Waals surface area contributed by atoms with E-state index >= 15 is 0 Å². The van der Waals surface area contributed by atoms with E-state index in [9.17, 15) is 0 Å². The third kappa shape index (κ3) is 5.59. The molecule has 0 bridgehead atoms. The summed E-state index contributed by atoms with van der Waals surface area (Å²) in [6.07, 6.45) is 3.28. The predicted molar refractivity (Wildman–Crippen MR) is 234 cm³/mol. The van der Waals surface area contributed by atoms with E-state index in [1.165, 1.54) is 28.0 Å². The average molecular weight is 747 g/mol. The van der Waals surface area contributed by atoms with E-state index in [0.29, 0.717) is 23.4 Å². The molecule has 1 unspecified atom stereocenters. The van der Waals surface area contributed by atoms with Crippen LogP contribution in [0.15, 0.2) is 170 Å². The van der Waals surface area contributed by atoms with Crippen LogP contribution in [0.1, 0.15) is 36.2 Å². The molecule has 2 aliphatic rings. The van der Waals surface area contributed by atoms with Gasteiger partial charge in [-0.1, -0.05) is 159 Å². The molecule has 0 N–H and O–H groups in total. The minimum Gasteiger partial charge on any atom is -0.282 e. The summed E-state index contributed by atoms with van der Waals surface area (Å²) in [6, 6.07) is 58.7. The Balaban J connectivity index is 1.17. The number of benzene rings is 6. The summed E-state index contributed by atoms with van der Waals surface area (Å²) in [5, 5.41) is 1.11. The van der Waals surface area contributed by atoms with Crippen molar-refractivity contribution in [1.29, 1.82) is 0 Å². The largest absolute Gasteiger partial charge is 0.282 e. The van der Waals surface area contributed by atoms with Crippen molar-refractivity contribution in [2.75, 3.05) is 0 Å². The first-order valence-electron chi connectivity index (χ1n) is 19.9. The maximum Gasteiger partial charge on any atom is 0.235 e. The Morgan fingerprint density at radius 1 is 0.500 bits per heavy atom. The van der Waals surface area contributed by atoms with Gasteiger partial charge in [-0.3, -0.25) is 4.57 Å². The van der Waals surface area contributed by atoms with Crippen molar-refractivity contribution in [3.05, 3.63) is 192 Å². The van der Waals surface area contributed by atoms with Crippen LogP contribution in [0.4, 0.5) is 0 Å². The fraction of sp³-hybridized carbons (Fsp3) is 0.0962. The van der Waals surface area contributed by atoms with Crippen molar-refractivity contribution >= 4 is 22.6 Å². The Hall–Kier alpha value is -7.31. The summed E-state index contributed by atoms with van der Waals surface area (Å²) >= 11 is 0. The lowest BCUT2D eigenvalue weighted by molar-refractivity contribution is 0.405. The van der Waals surface area contributed by atoms with Crippen LogP contribution >= 0.6 is 0 Å². The number of nitrogens with zero attached hydrogens (tertiary/aromatic N) is 6. The van der Waals surface area contributed by atoms with E-state index in [4.69, 9.17) is 24.9 Å². The maximum absolute atomic E-state index is 5.36. The van der Waals surface area contributed by atoms with E-state index in [1.807, 2.05) is 72.8 Å². The zero-order valence-corrected chi connectivity index (χ0v) is 32.2. The summed E-state index contributed by atoms with van der Waals surface area (Å²) in [5.74, 6) is 2.84. The van der Waals surface area contributed by atoms with Gasteiger partial charge in [0.15, 0.2) is 17.5 Å². The van der Waals surface area contributed by atoms with Crippen molar-refractivity contribution in [2.24, 2.45) is 5.92 Å². The van der Waals surface area contributed by atoms with Crippen LogP contribution in [-0.2, 0) is 11.8 Å². The maximum atomic E-state index is 5.36. The van der Waals surface area contributed by atoms with Gasteiger partial charge in [-0.05, 0) is 64.8 Å². The monoisotopic (exact) mass is 746 g/mol. The molecule has 0 saturated carbocycles. The fourth-order valence-electron chi connectivity index (χ4n) is 9.04. The summed E-state index contributed by atoms with van der Waals surface area (Å²) in [4.78, 5) is 25.9. The third-order valence-corrected chi connectivity index (χ3v) is 12.0. The molecular formula is C52H38N6. The molecule has 9 aromatic rings. The SMILES string of the molecule is CC1(C)c2ccccc2C2=Cc3c(n(-c4nc(-c5ccccc5)cc(-c5ccccc5)n4)c4ccc(-c5nc(-c6ccccc6)nc(-c6ccccc6)n5)cc34)CC21. The van der Waals surface area contributed by atoms with E-state index in [-0.39, 0.29) is 11.3 Å². The number of aromatic nitrogens is 6. The lowest BCUT2D eigenvalue weighted by Gasteiger charge is -2.31. The Morgan fingerprint density at radius 3 is 1.57 bits per heavy atom. The van der Waals surface area contributed by atoms with Gasteiger partial charge in [-0.15, -0.1) is 0 Å². The number of allylic oxidation sites excluding steroid dienone is 1. The van der Waals surface area contributed by atoms with E-state index in [0.717, 1.165) is 56.5 Å². The predicted octanol–water partition coefficient (Wildman–Crippen LogP) is 11.9. The van der Waals surface area contributed by atoms with Gasteiger partial charge in [0.1, 0.15) is 0 Å². The second-order valence-electron chi connectivity index (χ2n) is 15.8. The Kier molecular flexibility index (Phi) is 7.86. The van der Waals surface area contributed by atoms with Gasteiger partial charge in [-0.25, -0.2) is 24.9 Å². The highest BCUT2D eigenvalue weighted by Crippen LogP contribution is 2.55. The molecule has 276 valence electrons. The van der Waals surface area contributed by atoms with E-state index < -0.39 is 0 Å². The Bertz CT molecular complexity index is 2930. The molecule has 0 spiro atoms.